The summed E-state index contributed by atoms with van der Waals surface area (Å²) >= 11 is 0. The van der Waals surface area contributed by atoms with E-state index in [0.29, 0.717) is 0 Å². The lowest BCUT2D eigenvalue weighted by molar-refractivity contribution is -0.159. The van der Waals surface area contributed by atoms with Gasteiger partial charge in [-0.3, -0.25) is 4.98 Å². The molecular formula is C11H12FNO6. The van der Waals surface area contributed by atoms with Crippen LogP contribution in [0.2, 0.25) is 0 Å². The summed E-state index contributed by atoms with van der Waals surface area (Å²) in [6.45, 7) is 1.45. The van der Waals surface area contributed by atoms with Crippen LogP contribution in [0.25, 0.3) is 0 Å². The normalized spacial score (nSPS) is 13.7. The Kier molecular flexibility index (Phi) is 4.90. The third-order valence-corrected chi connectivity index (χ3v) is 2.25. The lowest BCUT2D eigenvalue weighted by Crippen LogP contribution is -2.31. The Labute approximate surface area is 107 Å². The third-order valence-electron chi connectivity index (χ3n) is 2.25. The number of carboxylic acid groups (broad SMARTS) is 1. The Morgan fingerprint density at radius 1 is 1.47 bits per heavy atom. The van der Waals surface area contributed by atoms with Crippen LogP contribution in [0.1, 0.15) is 29.1 Å². The van der Waals surface area contributed by atoms with Crippen LogP contribution in [0.15, 0.2) is 12.3 Å². The molecule has 1 heterocycles. The standard InChI is InChI=1S/C11H12FNO6/c1-2-19-11(18)9(15)8(14)7-6(12)5(10(16)17)3-4-13-7/h3-4,8-9,14-15H,2H2,1H3,(H,16,17). The van der Waals surface area contributed by atoms with Crippen molar-refractivity contribution < 1.29 is 34.0 Å². The van der Waals surface area contributed by atoms with Crippen molar-refractivity contribution in [3.8, 4) is 0 Å². The van der Waals surface area contributed by atoms with Crippen molar-refractivity contribution in [2.24, 2.45) is 0 Å². The zero-order valence-corrected chi connectivity index (χ0v) is 9.91. The van der Waals surface area contributed by atoms with Gasteiger partial charge in [0.25, 0.3) is 0 Å². The number of halogens is 1. The number of aliphatic hydroxyl groups excluding tert-OH is 2. The highest BCUT2D eigenvalue weighted by molar-refractivity contribution is 5.88. The summed E-state index contributed by atoms with van der Waals surface area (Å²) in [5.74, 6) is -4.03. The Hall–Kier alpha value is -2.06. The van der Waals surface area contributed by atoms with E-state index in [1.165, 1.54) is 6.92 Å². The molecule has 7 nitrogen and oxygen atoms in total. The predicted molar refractivity (Wildman–Crippen MR) is 58.8 cm³/mol. The molecule has 0 saturated carbocycles. The van der Waals surface area contributed by atoms with E-state index in [0.717, 1.165) is 12.3 Å². The highest BCUT2D eigenvalue weighted by Crippen LogP contribution is 2.21. The van der Waals surface area contributed by atoms with Gasteiger partial charge in [0.15, 0.2) is 11.9 Å². The molecule has 104 valence electrons. The van der Waals surface area contributed by atoms with Crippen LogP contribution in [-0.2, 0) is 9.53 Å². The lowest BCUT2D eigenvalue weighted by atomic mass is 10.1. The molecule has 0 aliphatic carbocycles. The summed E-state index contributed by atoms with van der Waals surface area (Å²) in [6.07, 6.45) is -3.12. The number of carbonyl (C=O) groups is 2. The number of nitrogens with zero attached hydrogens (tertiary/aromatic N) is 1. The zero-order chi connectivity index (χ0) is 14.6. The summed E-state index contributed by atoms with van der Waals surface area (Å²) < 4.78 is 18.2. The van der Waals surface area contributed by atoms with E-state index in [1.807, 2.05) is 0 Å². The Morgan fingerprint density at radius 3 is 2.63 bits per heavy atom. The molecule has 3 N–H and O–H groups in total. The first kappa shape index (κ1) is 15.0. The largest absolute Gasteiger partial charge is 0.478 e. The second-order valence-corrected chi connectivity index (χ2v) is 3.50. The molecular weight excluding hydrogens is 261 g/mol. The van der Waals surface area contributed by atoms with Crippen molar-refractivity contribution in [1.82, 2.24) is 4.98 Å². The summed E-state index contributed by atoms with van der Waals surface area (Å²) in [7, 11) is 0. The molecule has 0 aliphatic rings. The molecule has 0 radical (unpaired) electrons. The number of rotatable bonds is 5. The van der Waals surface area contributed by atoms with Gasteiger partial charge in [-0.1, -0.05) is 0 Å². The van der Waals surface area contributed by atoms with E-state index in [-0.39, 0.29) is 6.61 Å². The lowest BCUT2D eigenvalue weighted by Gasteiger charge is -2.16. The number of aliphatic hydroxyl groups is 2. The SMILES string of the molecule is CCOC(=O)C(O)C(O)c1nccc(C(=O)O)c1F. The van der Waals surface area contributed by atoms with E-state index in [4.69, 9.17) is 5.11 Å². The van der Waals surface area contributed by atoms with Gasteiger partial charge in [0.1, 0.15) is 11.8 Å². The minimum atomic E-state index is -2.05. The van der Waals surface area contributed by atoms with E-state index in [2.05, 4.69) is 9.72 Å². The van der Waals surface area contributed by atoms with Gasteiger partial charge in [-0.2, -0.15) is 0 Å². The van der Waals surface area contributed by atoms with Crippen molar-refractivity contribution in [3.05, 3.63) is 29.3 Å². The molecule has 1 aromatic heterocycles. The third kappa shape index (κ3) is 3.24. The first-order chi connectivity index (χ1) is 8.90. The zero-order valence-electron chi connectivity index (χ0n) is 9.91. The number of carbonyl (C=O) groups excluding carboxylic acids is 1. The highest BCUT2D eigenvalue weighted by atomic mass is 19.1. The van der Waals surface area contributed by atoms with Gasteiger partial charge in [0.05, 0.1) is 12.2 Å². The Morgan fingerprint density at radius 2 is 2.11 bits per heavy atom. The Bertz CT molecular complexity index is 492. The topological polar surface area (TPSA) is 117 Å². The van der Waals surface area contributed by atoms with Crippen LogP contribution in [0.3, 0.4) is 0 Å². The highest BCUT2D eigenvalue weighted by Gasteiger charge is 2.31. The van der Waals surface area contributed by atoms with Crippen LogP contribution in [-0.4, -0.2) is 45.0 Å². The van der Waals surface area contributed by atoms with E-state index < -0.39 is 41.2 Å². The summed E-state index contributed by atoms with van der Waals surface area (Å²) in [5.41, 5.74) is -1.46. The van der Waals surface area contributed by atoms with Gasteiger partial charge in [-0.15, -0.1) is 0 Å². The number of ether oxygens (including phenoxy) is 1. The van der Waals surface area contributed by atoms with Gasteiger partial charge < -0.3 is 20.1 Å². The molecule has 1 aromatic rings. The van der Waals surface area contributed by atoms with Crippen molar-refractivity contribution in [1.29, 1.82) is 0 Å². The van der Waals surface area contributed by atoms with Gasteiger partial charge in [-0.05, 0) is 13.0 Å². The average molecular weight is 273 g/mol. The predicted octanol–water partition coefficient (Wildman–Crippen LogP) is -0.124. The van der Waals surface area contributed by atoms with Crippen LogP contribution < -0.4 is 0 Å². The molecule has 0 saturated heterocycles. The summed E-state index contributed by atoms with van der Waals surface area (Å²) in [6, 6.07) is 0.893. The van der Waals surface area contributed by atoms with Gasteiger partial charge >= 0.3 is 11.9 Å². The van der Waals surface area contributed by atoms with Crippen LogP contribution in [0, 0.1) is 5.82 Å². The van der Waals surface area contributed by atoms with Crippen molar-refractivity contribution in [2.75, 3.05) is 6.61 Å². The van der Waals surface area contributed by atoms with Crippen LogP contribution in [0.5, 0.6) is 0 Å². The fourth-order valence-electron chi connectivity index (χ4n) is 1.34. The monoisotopic (exact) mass is 273 g/mol. The maximum Gasteiger partial charge on any atom is 0.338 e. The molecule has 0 aliphatic heterocycles. The number of pyridine rings is 1. The van der Waals surface area contributed by atoms with Crippen molar-refractivity contribution >= 4 is 11.9 Å². The minimum Gasteiger partial charge on any atom is -0.478 e. The number of hydrogen-bond acceptors (Lipinski definition) is 6. The molecule has 0 fully saturated rings. The van der Waals surface area contributed by atoms with E-state index in [1.54, 1.807) is 0 Å². The quantitative estimate of drug-likeness (QED) is 0.640. The number of esters is 1. The summed E-state index contributed by atoms with van der Waals surface area (Å²) in [4.78, 5) is 25.3. The number of aromatic nitrogens is 1. The van der Waals surface area contributed by atoms with Crippen molar-refractivity contribution in [2.45, 2.75) is 19.1 Å². The van der Waals surface area contributed by atoms with E-state index in [9.17, 15) is 24.2 Å². The van der Waals surface area contributed by atoms with Crippen molar-refractivity contribution in [3.63, 3.8) is 0 Å². The molecule has 0 aromatic carbocycles. The fraction of sp³-hybridized carbons (Fsp3) is 0.364. The van der Waals surface area contributed by atoms with Crippen LogP contribution >= 0.6 is 0 Å². The molecule has 2 atom stereocenters. The number of hydrogen-bond donors (Lipinski definition) is 3. The molecule has 8 heteroatoms. The molecule has 0 bridgehead atoms. The maximum atomic E-state index is 13.7. The number of aromatic carboxylic acids is 1. The van der Waals surface area contributed by atoms with Gasteiger partial charge in [0, 0.05) is 6.20 Å². The first-order valence-electron chi connectivity index (χ1n) is 5.30. The fourth-order valence-corrected chi connectivity index (χ4v) is 1.34. The molecule has 0 spiro atoms. The molecule has 0 amide bonds. The minimum absolute atomic E-state index is 0.0340. The second-order valence-electron chi connectivity index (χ2n) is 3.50. The Balaban J connectivity index is 3.06. The first-order valence-corrected chi connectivity index (χ1v) is 5.30. The average Bonchev–Trinajstić information content (AvgIpc) is 2.37. The maximum absolute atomic E-state index is 13.7. The summed E-state index contributed by atoms with van der Waals surface area (Å²) in [5, 5.41) is 27.8. The molecule has 19 heavy (non-hydrogen) atoms. The number of carboxylic acids is 1. The smallest absolute Gasteiger partial charge is 0.338 e. The van der Waals surface area contributed by atoms with E-state index >= 15 is 0 Å². The van der Waals surface area contributed by atoms with Gasteiger partial charge in [-0.25, -0.2) is 14.0 Å². The van der Waals surface area contributed by atoms with Crippen LogP contribution in [0.4, 0.5) is 4.39 Å². The van der Waals surface area contributed by atoms with Gasteiger partial charge in [0.2, 0.25) is 0 Å². The molecule has 1 rings (SSSR count). The second kappa shape index (κ2) is 6.21. The molecule has 2 unspecified atom stereocenters.